The van der Waals surface area contributed by atoms with Gasteiger partial charge in [0.2, 0.25) is 0 Å². The van der Waals surface area contributed by atoms with E-state index in [-0.39, 0.29) is 11.9 Å². The van der Waals surface area contributed by atoms with Crippen LogP contribution < -0.4 is 5.73 Å². The number of rotatable bonds is 3. The molecule has 1 aliphatic heterocycles. The minimum absolute atomic E-state index is 0.0844. The van der Waals surface area contributed by atoms with E-state index in [1.807, 2.05) is 0 Å². The summed E-state index contributed by atoms with van der Waals surface area (Å²) in [5.41, 5.74) is 6.91. The van der Waals surface area contributed by atoms with Gasteiger partial charge in [0.1, 0.15) is 5.82 Å². The van der Waals surface area contributed by atoms with Crippen LogP contribution in [0.5, 0.6) is 0 Å². The van der Waals surface area contributed by atoms with E-state index in [4.69, 9.17) is 17.3 Å². The largest absolute Gasteiger partial charge is 0.329 e. The number of nitrogens with two attached hydrogens (primary N) is 1. The van der Waals surface area contributed by atoms with Gasteiger partial charge < -0.3 is 5.73 Å². The highest BCUT2D eigenvalue weighted by atomic mass is 35.5. The lowest BCUT2D eigenvalue weighted by Crippen LogP contribution is -2.39. The van der Waals surface area contributed by atoms with E-state index < -0.39 is 0 Å². The molecule has 4 heteroatoms. The van der Waals surface area contributed by atoms with Crippen molar-refractivity contribution in [2.24, 2.45) is 5.73 Å². The number of likely N-dealkylation sites (tertiary alicyclic amines) is 1. The molecular weight excluding hydrogens is 263 g/mol. The van der Waals surface area contributed by atoms with Crippen LogP contribution in [0.15, 0.2) is 18.2 Å². The van der Waals surface area contributed by atoms with Gasteiger partial charge in [-0.3, -0.25) is 4.90 Å². The molecular formula is C15H22ClFN2. The highest BCUT2D eigenvalue weighted by molar-refractivity contribution is 6.31. The van der Waals surface area contributed by atoms with E-state index >= 15 is 0 Å². The maximum Gasteiger partial charge on any atom is 0.124 e. The smallest absolute Gasteiger partial charge is 0.124 e. The van der Waals surface area contributed by atoms with Gasteiger partial charge in [0, 0.05) is 23.7 Å². The van der Waals surface area contributed by atoms with Gasteiger partial charge in [-0.15, -0.1) is 0 Å². The lowest BCUT2D eigenvalue weighted by molar-refractivity contribution is 0.151. The Labute approximate surface area is 119 Å². The summed E-state index contributed by atoms with van der Waals surface area (Å²) >= 11 is 6.19. The third-order valence-electron chi connectivity index (χ3n) is 4.05. The van der Waals surface area contributed by atoms with Crippen molar-refractivity contribution < 1.29 is 4.39 Å². The Morgan fingerprint density at radius 3 is 2.89 bits per heavy atom. The van der Waals surface area contributed by atoms with Crippen LogP contribution in [0.4, 0.5) is 4.39 Å². The molecule has 1 aliphatic rings. The summed E-state index contributed by atoms with van der Waals surface area (Å²) in [6.07, 6.45) is 4.93. The van der Waals surface area contributed by atoms with E-state index in [0.717, 1.165) is 12.1 Å². The zero-order valence-electron chi connectivity index (χ0n) is 11.4. The van der Waals surface area contributed by atoms with Gasteiger partial charge in [0.25, 0.3) is 0 Å². The molecule has 2 N–H and O–H groups in total. The molecule has 1 heterocycles. The summed E-state index contributed by atoms with van der Waals surface area (Å²) in [6.45, 7) is 3.79. The standard InChI is InChI=1S/C15H22ClFN2/c1-11-5-3-2-4-8-19(11)15(10-18)13-7-6-12(17)9-14(13)16/h6-7,9,11,15H,2-5,8,10,18H2,1H3. The van der Waals surface area contributed by atoms with Crippen molar-refractivity contribution in [2.45, 2.75) is 44.7 Å². The van der Waals surface area contributed by atoms with Gasteiger partial charge in [0.15, 0.2) is 0 Å². The van der Waals surface area contributed by atoms with E-state index in [1.165, 1.54) is 37.8 Å². The molecule has 0 saturated carbocycles. The van der Waals surface area contributed by atoms with Gasteiger partial charge in [-0.25, -0.2) is 4.39 Å². The first-order valence-corrected chi connectivity index (χ1v) is 7.42. The topological polar surface area (TPSA) is 29.3 Å². The number of hydrogen-bond donors (Lipinski definition) is 1. The molecule has 1 aromatic rings. The molecule has 0 aromatic heterocycles. The van der Waals surface area contributed by atoms with Crippen molar-refractivity contribution in [3.63, 3.8) is 0 Å². The van der Waals surface area contributed by atoms with Crippen LogP contribution in [0.25, 0.3) is 0 Å². The van der Waals surface area contributed by atoms with Gasteiger partial charge in [-0.1, -0.05) is 30.5 Å². The molecule has 2 atom stereocenters. The second kappa shape index (κ2) is 6.69. The van der Waals surface area contributed by atoms with Crippen LogP contribution in [0, 0.1) is 5.82 Å². The monoisotopic (exact) mass is 284 g/mol. The number of nitrogens with zero attached hydrogens (tertiary/aromatic N) is 1. The van der Waals surface area contributed by atoms with Gasteiger partial charge in [0.05, 0.1) is 0 Å². The SMILES string of the molecule is CC1CCCCCN1C(CN)c1ccc(F)cc1Cl. The van der Waals surface area contributed by atoms with E-state index in [0.29, 0.717) is 17.6 Å². The lowest BCUT2D eigenvalue weighted by atomic mass is 10.0. The van der Waals surface area contributed by atoms with Crippen LogP contribution in [0.1, 0.15) is 44.2 Å². The second-order valence-electron chi connectivity index (χ2n) is 5.35. The molecule has 0 spiro atoms. The Morgan fingerprint density at radius 1 is 1.42 bits per heavy atom. The van der Waals surface area contributed by atoms with E-state index in [9.17, 15) is 4.39 Å². The van der Waals surface area contributed by atoms with Gasteiger partial charge in [-0.05, 0) is 44.0 Å². The van der Waals surface area contributed by atoms with Gasteiger partial charge >= 0.3 is 0 Å². The fourth-order valence-electron chi connectivity index (χ4n) is 2.97. The van der Waals surface area contributed by atoms with Crippen molar-refractivity contribution in [3.8, 4) is 0 Å². The summed E-state index contributed by atoms with van der Waals surface area (Å²) < 4.78 is 13.2. The molecule has 106 valence electrons. The first-order chi connectivity index (χ1) is 9.13. The van der Waals surface area contributed by atoms with Crippen molar-refractivity contribution in [2.75, 3.05) is 13.1 Å². The molecule has 2 nitrogen and oxygen atoms in total. The van der Waals surface area contributed by atoms with Crippen molar-refractivity contribution >= 4 is 11.6 Å². The average molecular weight is 285 g/mol. The number of benzene rings is 1. The van der Waals surface area contributed by atoms with Crippen molar-refractivity contribution in [1.29, 1.82) is 0 Å². The molecule has 0 amide bonds. The molecule has 1 aromatic carbocycles. The molecule has 2 rings (SSSR count). The molecule has 0 aliphatic carbocycles. The van der Waals surface area contributed by atoms with E-state index in [1.54, 1.807) is 6.07 Å². The maximum atomic E-state index is 13.2. The molecule has 2 unspecified atom stereocenters. The van der Waals surface area contributed by atoms with Crippen LogP contribution in [-0.2, 0) is 0 Å². The van der Waals surface area contributed by atoms with Crippen molar-refractivity contribution in [3.05, 3.63) is 34.6 Å². The summed E-state index contributed by atoms with van der Waals surface area (Å²) in [7, 11) is 0. The zero-order valence-corrected chi connectivity index (χ0v) is 12.2. The molecule has 19 heavy (non-hydrogen) atoms. The van der Waals surface area contributed by atoms with Crippen molar-refractivity contribution in [1.82, 2.24) is 4.90 Å². The normalized spacial score (nSPS) is 23.1. The Morgan fingerprint density at radius 2 is 2.21 bits per heavy atom. The third kappa shape index (κ3) is 3.47. The Bertz CT molecular complexity index is 425. The number of halogens is 2. The lowest BCUT2D eigenvalue weighted by Gasteiger charge is -2.35. The van der Waals surface area contributed by atoms with Crippen LogP contribution in [0.2, 0.25) is 5.02 Å². The zero-order chi connectivity index (χ0) is 13.8. The Hall–Kier alpha value is -0.640. The average Bonchev–Trinajstić information content (AvgIpc) is 2.58. The minimum Gasteiger partial charge on any atom is -0.329 e. The Kier molecular flexibility index (Phi) is 5.20. The molecule has 0 bridgehead atoms. The highest BCUT2D eigenvalue weighted by Crippen LogP contribution is 2.31. The first-order valence-electron chi connectivity index (χ1n) is 7.04. The summed E-state index contributed by atoms with van der Waals surface area (Å²) in [4.78, 5) is 2.42. The van der Waals surface area contributed by atoms with E-state index in [2.05, 4.69) is 11.8 Å². The quantitative estimate of drug-likeness (QED) is 0.916. The first kappa shape index (κ1) is 14.8. The predicted octanol–water partition coefficient (Wildman–Crippen LogP) is 3.74. The summed E-state index contributed by atoms with van der Waals surface area (Å²) in [5.74, 6) is -0.298. The number of hydrogen-bond acceptors (Lipinski definition) is 2. The summed E-state index contributed by atoms with van der Waals surface area (Å²) in [5, 5.41) is 0.479. The fourth-order valence-corrected chi connectivity index (χ4v) is 3.27. The molecule has 1 saturated heterocycles. The fraction of sp³-hybridized carbons (Fsp3) is 0.600. The minimum atomic E-state index is -0.298. The molecule has 0 radical (unpaired) electrons. The van der Waals surface area contributed by atoms with Crippen LogP contribution in [0.3, 0.4) is 0 Å². The predicted molar refractivity (Wildman–Crippen MR) is 77.8 cm³/mol. The van der Waals surface area contributed by atoms with Crippen LogP contribution in [-0.4, -0.2) is 24.0 Å². The highest BCUT2D eigenvalue weighted by Gasteiger charge is 2.26. The molecule has 1 fully saturated rings. The second-order valence-corrected chi connectivity index (χ2v) is 5.76. The summed E-state index contributed by atoms with van der Waals surface area (Å²) in [6, 6.07) is 5.19. The van der Waals surface area contributed by atoms with Crippen LogP contribution >= 0.6 is 11.6 Å². The maximum absolute atomic E-state index is 13.2. The Balaban J connectivity index is 2.27. The third-order valence-corrected chi connectivity index (χ3v) is 4.38. The van der Waals surface area contributed by atoms with Gasteiger partial charge in [-0.2, -0.15) is 0 Å².